The molecule has 0 spiro atoms. The fourth-order valence-electron chi connectivity index (χ4n) is 2.45. The predicted molar refractivity (Wildman–Crippen MR) is 74.4 cm³/mol. The molecule has 5 heteroatoms. The van der Waals surface area contributed by atoms with Gasteiger partial charge in [0.15, 0.2) is 0 Å². The zero-order valence-corrected chi connectivity index (χ0v) is 12.1. The molecule has 104 valence electrons. The average molecular weight is 330 g/mol. The highest BCUT2D eigenvalue weighted by molar-refractivity contribution is 9.10. The molecule has 2 unspecified atom stereocenters. The molecule has 1 saturated carbocycles. The van der Waals surface area contributed by atoms with Crippen LogP contribution in [0.5, 0.6) is 0 Å². The second-order valence-corrected chi connectivity index (χ2v) is 5.94. The van der Waals surface area contributed by atoms with E-state index in [9.17, 15) is 14.3 Å². The number of nitrogens with one attached hydrogen (secondary N) is 1. The molecule has 19 heavy (non-hydrogen) atoms. The van der Waals surface area contributed by atoms with E-state index >= 15 is 0 Å². The largest absolute Gasteiger partial charge is 0.393 e. The monoisotopic (exact) mass is 329 g/mol. The number of aliphatic hydroxyl groups is 1. The average Bonchev–Trinajstić information content (AvgIpc) is 2.36. The SMILES string of the molecule is O=C(NCC1CCCC(O)C1)c1ccc(Br)cc1F. The first-order chi connectivity index (χ1) is 9.06. The van der Waals surface area contributed by atoms with Gasteiger partial charge in [-0.25, -0.2) is 4.39 Å². The van der Waals surface area contributed by atoms with E-state index < -0.39 is 11.7 Å². The molecule has 1 aromatic carbocycles. The van der Waals surface area contributed by atoms with Crippen molar-refractivity contribution in [3.8, 4) is 0 Å². The van der Waals surface area contributed by atoms with E-state index in [1.54, 1.807) is 6.07 Å². The van der Waals surface area contributed by atoms with Gasteiger partial charge in [-0.05, 0) is 43.4 Å². The lowest BCUT2D eigenvalue weighted by Gasteiger charge is -2.25. The second kappa shape index (κ2) is 6.48. The minimum absolute atomic E-state index is 0.0551. The Balaban J connectivity index is 1.90. The molecule has 1 aliphatic carbocycles. The van der Waals surface area contributed by atoms with E-state index in [-0.39, 0.29) is 17.6 Å². The van der Waals surface area contributed by atoms with Gasteiger partial charge < -0.3 is 10.4 Å². The third-order valence-electron chi connectivity index (χ3n) is 3.48. The molecule has 1 fully saturated rings. The summed E-state index contributed by atoms with van der Waals surface area (Å²) in [5.74, 6) is -0.646. The van der Waals surface area contributed by atoms with Gasteiger partial charge >= 0.3 is 0 Å². The molecule has 0 heterocycles. The summed E-state index contributed by atoms with van der Waals surface area (Å²) < 4.78 is 14.2. The van der Waals surface area contributed by atoms with Gasteiger partial charge in [-0.1, -0.05) is 22.4 Å². The number of halogens is 2. The fraction of sp³-hybridized carbons (Fsp3) is 0.500. The van der Waals surface area contributed by atoms with E-state index in [1.165, 1.54) is 12.1 Å². The van der Waals surface area contributed by atoms with Crippen molar-refractivity contribution in [1.29, 1.82) is 0 Å². The van der Waals surface area contributed by atoms with Gasteiger partial charge in [0, 0.05) is 11.0 Å². The summed E-state index contributed by atoms with van der Waals surface area (Å²) in [6, 6.07) is 4.38. The van der Waals surface area contributed by atoms with Crippen LogP contribution in [0.25, 0.3) is 0 Å². The summed E-state index contributed by atoms with van der Waals surface area (Å²) in [6.07, 6.45) is 3.27. The van der Waals surface area contributed by atoms with E-state index in [2.05, 4.69) is 21.2 Å². The number of carbonyl (C=O) groups excluding carboxylic acids is 1. The lowest BCUT2D eigenvalue weighted by atomic mass is 9.87. The molecule has 2 rings (SSSR count). The summed E-state index contributed by atoms with van der Waals surface area (Å²) in [7, 11) is 0. The summed E-state index contributed by atoms with van der Waals surface area (Å²) in [5, 5.41) is 12.3. The Labute approximate surface area is 120 Å². The first-order valence-corrected chi connectivity index (χ1v) is 7.27. The van der Waals surface area contributed by atoms with Crippen LogP contribution >= 0.6 is 15.9 Å². The smallest absolute Gasteiger partial charge is 0.254 e. The molecule has 2 N–H and O–H groups in total. The van der Waals surface area contributed by atoms with E-state index in [0.717, 1.165) is 19.3 Å². The Morgan fingerprint density at radius 3 is 2.95 bits per heavy atom. The highest BCUT2D eigenvalue weighted by Crippen LogP contribution is 2.23. The number of aliphatic hydroxyl groups excluding tert-OH is 1. The van der Waals surface area contributed by atoms with Crippen LogP contribution in [-0.4, -0.2) is 23.7 Å². The van der Waals surface area contributed by atoms with Gasteiger partial charge in [0.25, 0.3) is 5.91 Å². The third kappa shape index (κ3) is 4.01. The van der Waals surface area contributed by atoms with Crippen molar-refractivity contribution < 1.29 is 14.3 Å². The van der Waals surface area contributed by atoms with Crippen LogP contribution in [0.1, 0.15) is 36.0 Å². The number of amides is 1. The normalized spacial score (nSPS) is 23.1. The maximum absolute atomic E-state index is 13.6. The number of carbonyl (C=O) groups is 1. The van der Waals surface area contributed by atoms with Crippen LogP contribution in [0, 0.1) is 11.7 Å². The molecule has 0 radical (unpaired) electrons. The van der Waals surface area contributed by atoms with Gasteiger partial charge in [-0.15, -0.1) is 0 Å². The van der Waals surface area contributed by atoms with E-state index in [0.29, 0.717) is 17.4 Å². The molecule has 0 aliphatic heterocycles. The molecule has 0 aromatic heterocycles. The molecular formula is C14H17BrFNO2. The molecular weight excluding hydrogens is 313 g/mol. The molecule has 1 aromatic rings. The van der Waals surface area contributed by atoms with Crippen molar-refractivity contribution >= 4 is 21.8 Å². The number of hydrogen-bond donors (Lipinski definition) is 2. The Hall–Kier alpha value is -0.940. The van der Waals surface area contributed by atoms with Crippen molar-refractivity contribution in [1.82, 2.24) is 5.32 Å². The van der Waals surface area contributed by atoms with Gasteiger partial charge in [0.1, 0.15) is 5.82 Å². The van der Waals surface area contributed by atoms with Crippen molar-refractivity contribution in [2.24, 2.45) is 5.92 Å². The quantitative estimate of drug-likeness (QED) is 0.895. The Morgan fingerprint density at radius 2 is 2.26 bits per heavy atom. The Bertz CT molecular complexity index is 467. The molecule has 3 nitrogen and oxygen atoms in total. The summed E-state index contributed by atoms with van der Waals surface area (Å²) in [6.45, 7) is 0.491. The first-order valence-electron chi connectivity index (χ1n) is 6.47. The van der Waals surface area contributed by atoms with Crippen LogP contribution in [0.15, 0.2) is 22.7 Å². The van der Waals surface area contributed by atoms with E-state index in [4.69, 9.17) is 0 Å². The Morgan fingerprint density at radius 1 is 1.47 bits per heavy atom. The van der Waals surface area contributed by atoms with Gasteiger partial charge in [0.2, 0.25) is 0 Å². The maximum atomic E-state index is 13.6. The van der Waals surface area contributed by atoms with Gasteiger partial charge in [0.05, 0.1) is 11.7 Å². The van der Waals surface area contributed by atoms with Crippen molar-refractivity contribution in [2.45, 2.75) is 31.8 Å². The van der Waals surface area contributed by atoms with Crippen molar-refractivity contribution in [2.75, 3.05) is 6.54 Å². The third-order valence-corrected chi connectivity index (χ3v) is 3.98. The highest BCUT2D eigenvalue weighted by Gasteiger charge is 2.21. The van der Waals surface area contributed by atoms with Crippen molar-refractivity contribution in [3.05, 3.63) is 34.1 Å². The predicted octanol–water partition coefficient (Wildman–Crippen LogP) is 2.87. The van der Waals surface area contributed by atoms with Crippen LogP contribution in [0.3, 0.4) is 0 Å². The molecule has 1 aliphatic rings. The zero-order valence-electron chi connectivity index (χ0n) is 10.5. The highest BCUT2D eigenvalue weighted by atomic mass is 79.9. The van der Waals surface area contributed by atoms with Crippen LogP contribution < -0.4 is 5.32 Å². The van der Waals surface area contributed by atoms with Crippen LogP contribution in [0.2, 0.25) is 0 Å². The minimum atomic E-state index is -0.532. The summed E-state index contributed by atoms with van der Waals surface area (Å²) in [4.78, 5) is 11.9. The van der Waals surface area contributed by atoms with E-state index in [1.807, 2.05) is 0 Å². The number of benzene rings is 1. The lowest BCUT2D eigenvalue weighted by Crippen LogP contribution is -2.33. The summed E-state index contributed by atoms with van der Waals surface area (Å²) >= 11 is 3.15. The van der Waals surface area contributed by atoms with Gasteiger partial charge in [-0.3, -0.25) is 4.79 Å². The lowest BCUT2D eigenvalue weighted by molar-refractivity contribution is 0.0871. The standard InChI is InChI=1S/C14H17BrFNO2/c15-10-4-5-12(13(16)7-10)14(19)17-8-9-2-1-3-11(18)6-9/h4-5,7,9,11,18H,1-3,6,8H2,(H,17,19). The first kappa shape index (κ1) is 14.5. The molecule has 2 atom stereocenters. The number of hydrogen-bond acceptors (Lipinski definition) is 2. The van der Waals surface area contributed by atoms with Crippen LogP contribution in [-0.2, 0) is 0 Å². The fourth-order valence-corrected chi connectivity index (χ4v) is 2.79. The second-order valence-electron chi connectivity index (χ2n) is 5.02. The summed E-state index contributed by atoms with van der Waals surface area (Å²) in [5.41, 5.74) is 0.0551. The molecule has 0 bridgehead atoms. The van der Waals surface area contributed by atoms with Crippen LogP contribution in [0.4, 0.5) is 4.39 Å². The Kier molecular flexibility index (Phi) is 4.93. The number of rotatable bonds is 3. The molecule has 1 amide bonds. The topological polar surface area (TPSA) is 49.3 Å². The molecule has 0 saturated heterocycles. The zero-order chi connectivity index (χ0) is 13.8. The van der Waals surface area contributed by atoms with Gasteiger partial charge in [-0.2, -0.15) is 0 Å². The van der Waals surface area contributed by atoms with Crippen molar-refractivity contribution in [3.63, 3.8) is 0 Å². The maximum Gasteiger partial charge on any atom is 0.254 e. The minimum Gasteiger partial charge on any atom is -0.393 e.